The Balaban J connectivity index is 2.54. The summed E-state index contributed by atoms with van der Waals surface area (Å²) in [5, 5.41) is 1.33. The summed E-state index contributed by atoms with van der Waals surface area (Å²) < 4.78 is 24.2. The minimum atomic E-state index is -2.47. The van der Waals surface area contributed by atoms with Gasteiger partial charge in [-0.05, 0) is 6.42 Å². The maximum atomic E-state index is 12.1. The van der Waals surface area contributed by atoms with Gasteiger partial charge in [0.25, 0.3) is 6.43 Å². The van der Waals surface area contributed by atoms with Gasteiger partial charge in [0.2, 0.25) is 0 Å². The number of nitrogens with two attached hydrogens (primary N) is 2. The highest BCUT2D eigenvalue weighted by Crippen LogP contribution is 2.22. The molecule has 1 fully saturated rings. The molecular weight excluding hydrogens is 140 g/mol. The summed E-state index contributed by atoms with van der Waals surface area (Å²) in [5.74, 6) is 5.27. The molecule has 5 heteroatoms. The summed E-state index contributed by atoms with van der Waals surface area (Å²) in [6.07, 6.45) is -2.19. The minimum absolute atomic E-state index is 0.0880. The van der Waals surface area contributed by atoms with Gasteiger partial charge in [0.05, 0.1) is 5.54 Å². The molecule has 0 aromatic carbocycles. The largest absolute Gasteiger partial charge is 0.319 e. The van der Waals surface area contributed by atoms with Crippen molar-refractivity contribution in [3.05, 3.63) is 0 Å². The number of hydrogen-bond acceptors (Lipinski definition) is 3. The average Bonchev–Trinajstić information content (AvgIpc) is 2.13. The van der Waals surface area contributed by atoms with Crippen LogP contribution in [0.15, 0.2) is 0 Å². The third-order valence-corrected chi connectivity index (χ3v) is 1.80. The first kappa shape index (κ1) is 7.84. The van der Waals surface area contributed by atoms with Crippen molar-refractivity contribution in [1.29, 1.82) is 0 Å². The summed E-state index contributed by atoms with van der Waals surface area (Å²) >= 11 is 0. The first-order valence-electron chi connectivity index (χ1n) is 3.11. The number of hydrazine groups is 1. The molecule has 1 rings (SSSR count). The van der Waals surface area contributed by atoms with Crippen molar-refractivity contribution in [3.8, 4) is 0 Å². The van der Waals surface area contributed by atoms with E-state index in [0.29, 0.717) is 6.54 Å². The Labute approximate surface area is 57.9 Å². The summed E-state index contributed by atoms with van der Waals surface area (Å²) in [6, 6.07) is 0. The molecule has 1 aliphatic heterocycles. The summed E-state index contributed by atoms with van der Waals surface area (Å²) in [7, 11) is 0. The van der Waals surface area contributed by atoms with Crippen LogP contribution in [-0.2, 0) is 0 Å². The predicted octanol–water partition coefficient (Wildman–Crippen LogP) is -0.472. The summed E-state index contributed by atoms with van der Waals surface area (Å²) in [4.78, 5) is 0. The van der Waals surface area contributed by atoms with Crippen LogP contribution in [-0.4, -0.2) is 30.1 Å². The highest BCUT2D eigenvalue weighted by atomic mass is 19.3. The fourth-order valence-corrected chi connectivity index (χ4v) is 1.07. The molecule has 1 unspecified atom stereocenters. The van der Waals surface area contributed by atoms with Gasteiger partial charge in [-0.1, -0.05) is 0 Å². The standard InChI is InChI=1S/C5H11F2N3/c6-4(7)5(8)1-2-10(9)3-5/h4H,1-3,8-9H2. The Morgan fingerprint density at radius 2 is 2.10 bits per heavy atom. The molecule has 1 aliphatic rings. The predicted molar refractivity (Wildman–Crippen MR) is 33.3 cm³/mol. The van der Waals surface area contributed by atoms with Crippen molar-refractivity contribution >= 4 is 0 Å². The molecule has 0 spiro atoms. The van der Waals surface area contributed by atoms with E-state index < -0.39 is 12.0 Å². The van der Waals surface area contributed by atoms with Gasteiger partial charge in [-0.15, -0.1) is 0 Å². The number of alkyl halides is 2. The smallest absolute Gasteiger partial charge is 0.257 e. The second-order valence-electron chi connectivity index (χ2n) is 2.75. The van der Waals surface area contributed by atoms with E-state index in [-0.39, 0.29) is 13.0 Å². The Bertz CT molecular complexity index is 130. The van der Waals surface area contributed by atoms with E-state index in [9.17, 15) is 8.78 Å². The highest BCUT2D eigenvalue weighted by molar-refractivity contribution is 4.94. The fourth-order valence-electron chi connectivity index (χ4n) is 1.07. The molecule has 4 N–H and O–H groups in total. The molecule has 0 amide bonds. The first-order valence-corrected chi connectivity index (χ1v) is 3.11. The van der Waals surface area contributed by atoms with E-state index in [1.165, 1.54) is 5.01 Å². The van der Waals surface area contributed by atoms with Crippen LogP contribution < -0.4 is 11.6 Å². The molecule has 0 bridgehead atoms. The van der Waals surface area contributed by atoms with Crippen LogP contribution in [0.25, 0.3) is 0 Å². The molecule has 1 saturated heterocycles. The normalized spacial score (nSPS) is 35.7. The van der Waals surface area contributed by atoms with Gasteiger partial charge in [0, 0.05) is 13.1 Å². The molecule has 0 saturated carbocycles. The quantitative estimate of drug-likeness (QED) is 0.498. The molecule has 0 aromatic heterocycles. The van der Waals surface area contributed by atoms with Crippen molar-refractivity contribution in [2.45, 2.75) is 18.4 Å². The van der Waals surface area contributed by atoms with Crippen LogP contribution in [0.4, 0.5) is 8.78 Å². The maximum Gasteiger partial charge on any atom is 0.257 e. The van der Waals surface area contributed by atoms with Gasteiger partial charge in [0.15, 0.2) is 0 Å². The van der Waals surface area contributed by atoms with Gasteiger partial charge in [0.1, 0.15) is 0 Å². The number of hydrogen-bond donors (Lipinski definition) is 2. The Hall–Kier alpha value is -0.260. The van der Waals surface area contributed by atoms with Crippen LogP contribution in [0.2, 0.25) is 0 Å². The van der Waals surface area contributed by atoms with Crippen molar-refractivity contribution in [3.63, 3.8) is 0 Å². The second kappa shape index (κ2) is 2.41. The lowest BCUT2D eigenvalue weighted by molar-refractivity contribution is 0.0580. The van der Waals surface area contributed by atoms with Crippen LogP contribution in [0.1, 0.15) is 6.42 Å². The lowest BCUT2D eigenvalue weighted by Crippen LogP contribution is -2.50. The van der Waals surface area contributed by atoms with E-state index in [2.05, 4.69) is 0 Å². The molecule has 3 nitrogen and oxygen atoms in total. The number of nitrogens with zero attached hydrogens (tertiary/aromatic N) is 1. The molecule has 1 atom stereocenters. The molecule has 0 radical (unpaired) electrons. The zero-order valence-electron chi connectivity index (χ0n) is 5.56. The third-order valence-electron chi connectivity index (χ3n) is 1.80. The van der Waals surface area contributed by atoms with Crippen molar-refractivity contribution in [1.82, 2.24) is 5.01 Å². The zero-order chi connectivity index (χ0) is 7.78. The van der Waals surface area contributed by atoms with E-state index in [1.807, 2.05) is 0 Å². The second-order valence-corrected chi connectivity index (χ2v) is 2.75. The van der Waals surface area contributed by atoms with E-state index in [4.69, 9.17) is 11.6 Å². The maximum absolute atomic E-state index is 12.1. The molecule has 10 heavy (non-hydrogen) atoms. The molecular formula is C5H11F2N3. The van der Waals surface area contributed by atoms with Crippen LogP contribution in [0.3, 0.4) is 0 Å². The zero-order valence-corrected chi connectivity index (χ0v) is 5.56. The van der Waals surface area contributed by atoms with Crippen LogP contribution in [0, 0.1) is 0 Å². The van der Waals surface area contributed by atoms with Crippen molar-refractivity contribution < 1.29 is 8.78 Å². The average molecular weight is 151 g/mol. The van der Waals surface area contributed by atoms with Gasteiger partial charge in [-0.25, -0.2) is 13.8 Å². The molecule has 0 aromatic rings. The number of halogens is 2. The SMILES string of the molecule is NN1CCC(N)(C(F)F)C1. The van der Waals surface area contributed by atoms with Crippen molar-refractivity contribution in [2.75, 3.05) is 13.1 Å². The van der Waals surface area contributed by atoms with E-state index in [1.54, 1.807) is 0 Å². The van der Waals surface area contributed by atoms with E-state index >= 15 is 0 Å². The topological polar surface area (TPSA) is 55.3 Å². The monoisotopic (exact) mass is 151 g/mol. The summed E-state index contributed by atoms with van der Waals surface area (Å²) in [6.45, 7) is 0.547. The van der Waals surface area contributed by atoms with Crippen molar-refractivity contribution in [2.24, 2.45) is 11.6 Å². The lowest BCUT2D eigenvalue weighted by atomic mass is 10.0. The summed E-state index contributed by atoms with van der Waals surface area (Å²) in [5.41, 5.74) is 3.95. The lowest BCUT2D eigenvalue weighted by Gasteiger charge is -2.21. The molecule has 0 aliphatic carbocycles. The van der Waals surface area contributed by atoms with Gasteiger partial charge in [-0.2, -0.15) is 0 Å². The van der Waals surface area contributed by atoms with Crippen LogP contribution >= 0.6 is 0 Å². The van der Waals surface area contributed by atoms with Gasteiger partial charge >= 0.3 is 0 Å². The molecule has 60 valence electrons. The Kier molecular flexibility index (Phi) is 1.89. The minimum Gasteiger partial charge on any atom is -0.319 e. The molecule has 1 heterocycles. The first-order chi connectivity index (χ1) is 4.54. The van der Waals surface area contributed by atoms with Gasteiger partial charge < -0.3 is 5.73 Å². The highest BCUT2D eigenvalue weighted by Gasteiger charge is 2.41. The third kappa shape index (κ3) is 1.25. The fraction of sp³-hybridized carbons (Fsp3) is 1.00. The van der Waals surface area contributed by atoms with Crippen LogP contribution in [0.5, 0.6) is 0 Å². The van der Waals surface area contributed by atoms with E-state index in [0.717, 1.165) is 0 Å². The van der Waals surface area contributed by atoms with Gasteiger partial charge in [-0.3, -0.25) is 5.84 Å². The Morgan fingerprint density at radius 3 is 2.30 bits per heavy atom. The number of rotatable bonds is 1. The Morgan fingerprint density at radius 1 is 1.50 bits per heavy atom.